The molecule has 0 aliphatic heterocycles. The SMILES string of the molecule is C/C=C/C(=O)O.O=C(Cl)/C=C/CBr.O=C(O)/C=C/CBr.[HH]. The molecule has 8 heteroatoms. The van der Waals surface area contributed by atoms with E-state index >= 15 is 0 Å². The molecule has 0 aliphatic rings. The first-order valence-electron chi connectivity index (χ1n) is 5.04. The fourth-order valence-electron chi connectivity index (χ4n) is 0.425. The molecule has 5 nitrogen and oxygen atoms in total. The van der Waals surface area contributed by atoms with E-state index in [1.165, 1.54) is 18.2 Å². The Kier molecular flexibility index (Phi) is 24.6. The quantitative estimate of drug-likeness (QED) is 0.390. The van der Waals surface area contributed by atoms with E-state index in [4.69, 9.17) is 21.8 Å². The van der Waals surface area contributed by atoms with E-state index in [1.807, 2.05) is 0 Å². The molecule has 0 saturated heterocycles. The Bertz CT molecular complexity index is 347. The Balaban J connectivity index is -0.000000101. The smallest absolute Gasteiger partial charge is 0.328 e. The molecule has 0 aromatic rings. The number of aliphatic carboxylic acids is 2. The molecule has 0 aromatic carbocycles. The summed E-state index contributed by atoms with van der Waals surface area (Å²) in [6, 6.07) is 0. The fraction of sp³-hybridized carbons (Fsp3) is 0.250. The van der Waals surface area contributed by atoms with Gasteiger partial charge in [-0.25, -0.2) is 9.59 Å². The van der Waals surface area contributed by atoms with Crippen LogP contribution < -0.4 is 0 Å². The number of hydrogen-bond donors (Lipinski definition) is 2. The lowest BCUT2D eigenvalue weighted by Gasteiger charge is -1.72. The number of alkyl halides is 2. The van der Waals surface area contributed by atoms with Gasteiger partial charge in [0.1, 0.15) is 0 Å². The van der Waals surface area contributed by atoms with E-state index in [1.54, 1.807) is 13.0 Å². The predicted octanol–water partition coefficient (Wildman–Crippen LogP) is 3.62. The molecule has 0 atom stereocenters. The third kappa shape index (κ3) is 43.5. The monoisotopic (exact) mass is 434 g/mol. The fourth-order valence-corrected chi connectivity index (χ4v) is 0.888. The van der Waals surface area contributed by atoms with Crippen molar-refractivity contribution in [1.29, 1.82) is 0 Å². The summed E-state index contributed by atoms with van der Waals surface area (Å²) < 4.78 is 0. The zero-order valence-corrected chi connectivity index (χ0v) is 14.6. The number of allylic oxidation sites excluding steroid dienone is 4. The summed E-state index contributed by atoms with van der Waals surface area (Å²) in [5, 5.41) is 16.6. The first-order chi connectivity index (χ1) is 9.31. The van der Waals surface area contributed by atoms with Gasteiger partial charge in [-0.15, -0.1) is 0 Å². The second-order valence-corrected chi connectivity index (χ2v) is 4.26. The van der Waals surface area contributed by atoms with E-state index in [0.717, 1.165) is 12.2 Å². The molecule has 0 spiro atoms. The average Bonchev–Trinajstić information content (AvgIpc) is 2.35. The van der Waals surface area contributed by atoms with Gasteiger partial charge in [-0.2, -0.15) is 0 Å². The summed E-state index contributed by atoms with van der Waals surface area (Å²) in [6.45, 7) is 1.66. The van der Waals surface area contributed by atoms with Crippen LogP contribution in [0.3, 0.4) is 0 Å². The van der Waals surface area contributed by atoms with Crippen LogP contribution in [0.1, 0.15) is 8.35 Å². The molecule has 20 heavy (non-hydrogen) atoms. The molecule has 0 amide bonds. The van der Waals surface area contributed by atoms with E-state index in [9.17, 15) is 14.4 Å². The highest BCUT2D eigenvalue weighted by Crippen LogP contribution is 1.85. The topological polar surface area (TPSA) is 91.7 Å². The molecular weight excluding hydrogens is 419 g/mol. The Hall–Kier alpha value is -0.920. The number of carboxylic acids is 2. The lowest BCUT2D eigenvalue weighted by molar-refractivity contribution is -0.132. The Morgan fingerprint density at radius 3 is 1.50 bits per heavy atom. The first-order valence-corrected chi connectivity index (χ1v) is 7.66. The van der Waals surface area contributed by atoms with Crippen molar-refractivity contribution in [1.82, 2.24) is 0 Å². The van der Waals surface area contributed by atoms with Gasteiger partial charge < -0.3 is 10.2 Å². The second-order valence-electron chi connectivity index (χ2n) is 2.59. The zero-order valence-electron chi connectivity index (χ0n) is 10.6. The van der Waals surface area contributed by atoms with E-state index in [0.29, 0.717) is 10.7 Å². The van der Waals surface area contributed by atoms with Crippen molar-refractivity contribution in [2.75, 3.05) is 10.7 Å². The van der Waals surface area contributed by atoms with Gasteiger partial charge in [-0.1, -0.05) is 50.1 Å². The van der Waals surface area contributed by atoms with Crippen molar-refractivity contribution in [2.45, 2.75) is 6.92 Å². The number of rotatable bonds is 5. The molecule has 0 rings (SSSR count). The van der Waals surface area contributed by atoms with Gasteiger partial charge in [0.15, 0.2) is 0 Å². The van der Waals surface area contributed by atoms with E-state index in [2.05, 4.69) is 31.9 Å². The van der Waals surface area contributed by atoms with Gasteiger partial charge in [0.05, 0.1) is 0 Å². The molecule has 0 heterocycles. The second kappa shape index (κ2) is 20.4. The van der Waals surface area contributed by atoms with Crippen LogP contribution >= 0.6 is 43.5 Å². The largest absolute Gasteiger partial charge is 0.478 e. The first kappa shape index (κ1) is 24.1. The van der Waals surface area contributed by atoms with Gasteiger partial charge >= 0.3 is 11.9 Å². The van der Waals surface area contributed by atoms with Crippen LogP contribution in [-0.4, -0.2) is 38.1 Å². The summed E-state index contributed by atoms with van der Waals surface area (Å²) in [6.07, 6.45) is 8.10. The molecule has 0 radical (unpaired) electrons. The van der Waals surface area contributed by atoms with Crippen molar-refractivity contribution >= 4 is 60.6 Å². The van der Waals surface area contributed by atoms with E-state index in [-0.39, 0.29) is 1.43 Å². The highest BCUT2D eigenvalue weighted by Gasteiger charge is 1.80. The number of carboxylic acid groups (broad SMARTS) is 2. The number of hydrogen-bond acceptors (Lipinski definition) is 3. The van der Waals surface area contributed by atoms with Gasteiger partial charge in [0, 0.05) is 24.2 Å². The Morgan fingerprint density at radius 2 is 1.40 bits per heavy atom. The molecule has 2 N–H and O–H groups in total. The molecule has 0 unspecified atom stereocenters. The van der Waals surface area contributed by atoms with Crippen molar-refractivity contribution in [3.63, 3.8) is 0 Å². The molecule has 0 aliphatic carbocycles. The van der Waals surface area contributed by atoms with Crippen molar-refractivity contribution < 1.29 is 26.0 Å². The van der Waals surface area contributed by atoms with Crippen LogP contribution in [0.25, 0.3) is 0 Å². The van der Waals surface area contributed by atoms with Gasteiger partial charge in [0.25, 0.3) is 0 Å². The maximum absolute atomic E-state index is 9.86. The van der Waals surface area contributed by atoms with Crippen LogP contribution in [0.2, 0.25) is 0 Å². The van der Waals surface area contributed by atoms with E-state index < -0.39 is 17.2 Å². The van der Waals surface area contributed by atoms with Crippen molar-refractivity contribution in [3.05, 3.63) is 36.5 Å². The van der Waals surface area contributed by atoms with Crippen molar-refractivity contribution in [3.8, 4) is 0 Å². The van der Waals surface area contributed by atoms with Crippen LogP contribution in [0.4, 0.5) is 0 Å². The zero-order chi connectivity index (χ0) is 16.4. The summed E-state index contributed by atoms with van der Waals surface area (Å²) in [5.41, 5.74) is 0. The standard InChI is InChI=1S/C4H4BrClO.C4H5BrO2.C4H6O2.H2/c2*5-3-1-2-4(6)7;1-2-3-4(5)6;/h1-2H,3H2;1-2H,3H2,(H,6,7);2-3H,1H3,(H,5,6);1H/b2*2-1+;3-2+;. The molecule has 0 bridgehead atoms. The summed E-state index contributed by atoms with van der Waals surface area (Å²) in [7, 11) is 0. The normalized spacial score (nSPS) is 9.80. The molecule has 0 fully saturated rings. The van der Waals surface area contributed by atoms with Crippen molar-refractivity contribution in [2.24, 2.45) is 0 Å². The van der Waals surface area contributed by atoms with Gasteiger partial charge in [-0.3, -0.25) is 4.79 Å². The molecule has 0 aromatic heterocycles. The summed E-state index contributed by atoms with van der Waals surface area (Å²) in [4.78, 5) is 29.0. The van der Waals surface area contributed by atoms with Crippen LogP contribution in [0.15, 0.2) is 36.5 Å². The molecular formula is C12H17Br2ClO5. The molecule has 116 valence electrons. The number of halogens is 3. The number of carbonyl (C=O) groups excluding carboxylic acids is 1. The summed E-state index contributed by atoms with van der Waals surface area (Å²) in [5.74, 6) is -1.79. The van der Waals surface area contributed by atoms with Crippen LogP contribution in [0, 0.1) is 0 Å². The lowest BCUT2D eigenvalue weighted by Crippen LogP contribution is -1.84. The average molecular weight is 437 g/mol. The Labute approximate surface area is 140 Å². The summed E-state index contributed by atoms with van der Waals surface area (Å²) >= 11 is 11.0. The van der Waals surface area contributed by atoms with Crippen LogP contribution in [0.5, 0.6) is 0 Å². The van der Waals surface area contributed by atoms with Gasteiger partial charge in [-0.05, 0) is 24.6 Å². The minimum absolute atomic E-state index is 0. The third-order valence-corrected chi connectivity index (χ3v) is 1.87. The maximum atomic E-state index is 9.86. The number of carbonyl (C=O) groups is 3. The Morgan fingerprint density at radius 1 is 1.00 bits per heavy atom. The predicted molar refractivity (Wildman–Crippen MR) is 88.9 cm³/mol. The van der Waals surface area contributed by atoms with Crippen LogP contribution in [-0.2, 0) is 14.4 Å². The molecule has 0 saturated carbocycles. The van der Waals surface area contributed by atoms with Gasteiger partial charge in [0.2, 0.25) is 5.24 Å². The third-order valence-electron chi connectivity index (χ3n) is 0.997. The minimum atomic E-state index is -0.903. The lowest BCUT2D eigenvalue weighted by atomic mass is 10.5. The minimum Gasteiger partial charge on any atom is -0.478 e. The highest BCUT2D eigenvalue weighted by atomic mass is 79.9. The maximum Gasteiger partial charge on any atom is 0.328 e. The highest BCUT2D eigenvalue weighted by molar-refractivity contribution is 9.09.